The molecular weight excluding hydrogens is 352 g/mol. The number of furan rings is 1. The maximum atomic E-state index is 12.9. The van der Waals surface area contributed by atoms with Crippen molar-refractivity contribution in [3.63, 3.8) is 0 Å². The average Bonchev–Trinajstić information content (AvgIpc) is 3.41. The van der Waals surface area contributed by atoms with E-state index in [1.54, 1.807) is 17.0 Å². The van der Waals surface area contributed by atoms with Crippen LogP contribution < -0.4 is 0 Å². The molecule has 28 heavy (non-hydrogen) atoms. The van der Waals surface area contributed by atoms with E-state index in [-0.39, 0.29) is 12.0 Å². The van der Waals surface area contributed by atoms with Gasteiger partial charge in [0, 0.05) is 13.0 Å². The van der Waals surface area contributed by atoms with E-state index in [0.29, 0.717) is 25.3 Å². The molecule has 2 aromatic carbocycles. The van der Waals surface area contributed by atoms with Gasteiger partial charge in [-0.1, -0.05) is 65.3 Å². The van der Waals surface area contributed by atoms with E-state index in [9.17, 15) is 4.79 Å². The number of carbonyl (C=O) groups is 1. The Bertz CT molecular complexity index is 947. The molecule has 0 saturated carbocycles. The molecular formula is C23H22N2O3. The van der Waals surface area contributed by atoms with Gasteiger partial charge in [0.05, 0.1) is 18.5 Å². The summed E-state index contributed by atoms with van der Waals surface area (Å²) in [5, 5.41) is 4.25. The Morgan fingerprint density at radius 1 is 1.07 bits per heavy atom. The molecule has 1 aliphatic heterocycles. The number of rotatable bonds is 6. The molecule has 2 heterocycles. The lowest BCUT2D eigenvalue weighted by molar-refractivity contribution is 0.0387. The first-order chi connectivity index (χ1) is 13.7. The third-order valence-electron chi connectivity index (χ3n) is 4.78. The number of amides is 1. The summed E-state index contributed by atoms with van der Waals surface area (Å²) < 4.78 is 5.32. The SMILES string of the molecule is Cc1ccc(C2=NO[C@@H](CN(Cc3ccccc3)C(=O)c3ccco3)C2)cc1. The smallest absolute Gasteiger partial charge is 0.289 e. The van der Waals surface area contributed by atoms with Gasteiger partial charge < -0.3 is 14.2 Å². The number of aryl methyl sites for hydroxylation is 1. The first kappa shape index (κ1) is 18.0. The van der Waals surface area contributed by atoms with Gasteiger partial charge in [-0.15, -0.1) is 0 Å². The second-order valence-corrected chi connectivity index (χ2v) is 6.98. The van der Waals surface area contributed by atoms with Gasteiger partial charge in [-0.2, -0.15) is 0 Å². The number of hydrogen-bond donors (Lipinski definition) is 0. The van der Waals surface area contributed by atoms with Crippen LogP contribution in [0.4, 0.5) is 0 Å². The predicted octanol–water partition coefficient (Wildman–Crippen LogP) is 4.42. The molecule has 0 unspecified atom stereocenters. The maximum Gasteiger partial charge on any atom is 0.289 e. The third kappa shape index (κ3) is 4.14. The minimum absolute atomic E-state index is 0.152. The Morgan fingerprint density at radius 2 is 1.86 bits per heavy atom. The highest BCUT2D eigenvalue weighted by atomic mass is 16.6. The van der Waals surface area contributed by atoms with E-state index in [2.05, 4.69) is 36.3 Å². The minimum atomic E-state index is -0.182. The Kier molecular flexibility index (Phi) is 5.24. The molecule has 0 spiro atoms. The normalized spacial score (nSPS) is 15.8. The average molecular weight is 374 g/mol. The van der Waals surface area contributed by atoms with Crippen LogP contribution in [0.5, 0.6) is 0 Å². The minimum Gasteiger partial charge on any atom is -0.459 e. The van der Waals surface area contributed by atoms with Gasteiger partial charge in [0.1, 0.15) is 0 Å². The first-order valence-electron chi connectivity index (χ1n) is 9.35. The van der Waals surface area contributed by atoms with Gasteiger partial charge in [0.2, 0.25) is 0 Å². The fourth-order valence-electron chi connectivity index (χ4n) is 3.27. The molecule has 3 aromatic rings. The van der Waals surface area contributed by atoms with E-state index < -0.39 is 0 Å². The Balaban J connectivity index is 1.47. The third-order valence-corrected chi connectivity index (χ3v) is 4.78. The van der Waals surface area contributed by atoms with Crippen LogP contribution >= 0.6 is 0 Å². The van der Waals surface area contributed by atoms with Gasteiger partial charge in [-0.25, -0.2) is 0 Å². The van der Waals surface area contributed by atoms with Crippen molar-refractivity contribution < 1.29 is 14.0 Å². The molecule has 5 nitrogen and oxygen atoms in total. The molecule has 1 aliphatic rings. The summed E-state index contributed by atoms with van der Waals surface area (Å²) in [6.07, 6.45) is 2.00. The molecule has 0 saturated heterocycles. The highest BCUT2D eigenvalue weighted by Gasteiger charge is 2.28. The Hall–Kier alpha value is -3.34. The van der Waals surface area contributed by atoms with Crippen molar-refractivity contribution in [1.82, 2.24) is 4.90 Å². The second kappa shape index (κ2) is 8.13. The van der Waals surface area contributed by atoms with Crippen LogP contribution in [0.2, 0.25) is 0 Å². The van der Waals surface area contributed by atoms with E-state index in [4.69, 9.17) is 9.25 Å². The summed E-state index contributed by atoms with van der Waals surface area (Å²) >= 11 is 0. The molecule has 4 rings (SSSR count). The van der Waals surface area contributed by atoms with Crippen LogP contribution in [0.3, 0.4) is 0 Å². The number of oxime groups is 1. The standard InChI is InChI=1S/C23H22N2O3/c1-17-9-11-19(12-10-17)21-14-20(28-24-21)16-25(15-18-6-3-2-4-7-18)23(26)22-8-5-13-27-22/h2-13,20H,14-16H2,1H3/t20-/m1/s1. The van der Waals surface area contributed by atoms with Crippen molar-refractivity contribution in [2.45, 2.75) is 26.0 Å². The molecule has 0 radical (unpaired) electrons. The summed E-state index contributed by atoms with van der Waals surface area (Å²) in [5.74, 6) is 0.176. The summed E-state index contributed by atoms with van der Waals surface area (Å²) in [5.41, 5.74) is 4.23. The van der Waals surface area contributed by atoms with Crippen LogP contribution in [0.25, 0.3) is 0 Å². The second-order valence-electron chi connectivity index (χ2n) is 6.98. The van der Waals surface area contributed by atoms with Gasteiger partial charge in [-0.3, -0.25) is 4.79 Å². The van der Waals surface area contributed by atoms with Gasteiger partial charge in [-0.05, 0) is 30.2 Å². The zero-order valence-corrected chi connectivity index (χ0v) is 15.7. The maximum absolute atomic E-state index is 12.9. The van der Waals surface area contributed by atoms with Gasteiger partial charge >= 0.3 is 0 Å². The van der Waals surface area contributed by atoms with Crippen LogP contribution in [-0.2, 0) is 11.4 Å². The van der Waals surface area contributed by atoms with Gasteiger partial charge in [0.25, 0.3) is 5.91 Å². The lowest BCUT2D eigenvalue weighted by Crippen LogP contribution is -2.37. The van der Waals surface area contributed by atoms with Crippen molar-refractivity contribution in [3.8, 4) is 0 Å². The van der Waals surface area contributed by atoms with E-state index >= 15 is 0 Å². The van der Waals surface area contributed by atoms with E-state index in [1.165, 1.54) is 11.8 Å². The highest BCUT2D eigenvalue weighted by Crippen LogP contribution is 2.20. The zero-order chi connectivity index (χ0) is 19.3. The number of hydrogen-bond acceptors (Lipinski definition) is 4. The molecule has 142 valence electrons. The molecule has 1 aromatic heterocycles. The molecule has 1 amide bonds. The van der Waals surface area contributed by atoms with Crippen molar-refractivity contribution in [2.24, 2.45) is 5.16 Å². The quantitative estimate of drug-likeness (QED) is 0.642. The summed E-state index contributed by atoms with van der Waals surface area (Å²) in [6.45, 7) is 2.98. The van der Waals surface area contributed by atoms with Crippen LogP contribution in [0.1, 0.15) is 33.7 Å². The fraction of sp³-hybridized carbons (Fsp3) is 0.217. The number of benzene rings is 2. The summed E-state index contributed by atoms with van der Waals surface area (Å²) in [7, 11) is 0. The van der Waals surface area contributed by atoms with Crippen molar-refractivity contribution in [1.29, 1.82) is 0 Å². The lowest BCUT2D eigenvalue weighted by atomic mass is 10.0. The molecule has 1 atom stereocenters. The molecule has 5 heteroatoms. The molecule has 0 bridgehead atoms. The van der Waals surface area contributed by atoms with Crippen LogP contribution in [0.15, 0.2) is 82.6 Å². The van der Waals surface area contributed by atoms with Crippen LogP contribution in [0, 0.1) is 6.92 Å². The molecule has 0 fully saturated rings. The summed E-state index contributed by atoms with van der Waals surface area (Å²) in [6, 6.07) is 21.5. The lowest BCUT2D eigenvalue weighted by Gasteiger charge is -2.24. The van der Waals surface area contributed by atoms with E-state index in [1.807, 2.05) is 30.3 Å². The summed E-state index contributed by atoms with van der Waals surface area (Å²) in [4.78, 5) is 20.3. The fourth-order valence-corrected chi connectivity index (χ4v) is 3.27. The number of nitrogens with zero attached hydrogens (tertiary/aromatic N) is 2. The first-order valence-corrected chi connectivity index (χ1v) is 9.35. The van der Waals surface area contributed by atoms with Crippen molar-refractivity contribution >= 4 is 11.6 Å². The molecule has 0 aliphatic carbocycles. The predicted molar refractivity (Wildman–Crippen MR) is 107 cm³/mol. The van der Waals surface area contributed by atoms with Crippen LogP contribution in [-0.4, -0.2) is 29.2 Å². The molecule has 0 N–H and O–H groups in total. The monoisotopic (exact) mass is 374 g/mol. The zero-order valence-electron chi connectivity index (χ0n) is 15.7. The topological polar surface area (TPSA) is 55.0 Å². The van der Waals surface area contributed by atoms with E-state index in [0.717, 1.165) is 16.8 Å². The number of carbonyl (C=O) groups excluding carboxylic acids is 1. The highest BCUT2D eigenvalue weighted by molar-refractivity contribution is 6.01. The van der Waals surface area contributed by atoms with Crippen molar-refractivity contribution in [3.05, 3.63) is 95.4 Å². The van der Waals surface area contributed by atoms with Gasteiger partial charge in [0.15, 0.2) is 11.9 Å². The Labute approximate surface area is 164 Å². The Morgan fingerprint density at radius 3 is 2.57 bits per heavy atom. The van der Waals surface area contributed by atoms with Crippen molar-refractivity contribution in [2.75, 3.05) is 6.54 Å². The largest absolute Gasteiger partial charge is 0.459 e.